The van der Waals surface area contributed by atoms with Gasteiger partial charge in [0.25, 0.3) is 0 Å². The number of likely N-dealkylation sites (N-methyl/N-ethyl adjacent to an activating group) is 1. The van der Waals surface area contributed by atoms with Gasteiger partial charge in [0.2, 0.25) is 0 Å². The van der Waals surface area contributed by atoms with Gasteiger partial charge >= 0.3 is 0 Å². The molecule has 1 aromatic rings. The van der Waals surface area contributed by atoms with E-state index in [0.717, 1.165) is 12.5 Å². The highest BCUT2D eigenvalue weighted by molar-refractivity contribution is 5.12. The second-order valence-corrected chi connectivity index (χ2v) is 6.19. The lowest BCUT2D eigenvalue weighted by Crippen LogP contribution is -2.39. The Balaban J connectivity index is 2.01. The first-order valence-electron chi connectivity index (χ1n) is 7.52. The summed E-state index contributed by atoms with van der Waals surface area (Å²) in [6.07, 6.45) is 11.0. The summed E-state index contributed by atoms with van der Waals surface area (Å²) < 4.78 is 1.86. The van der Waals surface area contributed by atoms with Crippen molar-refractivity contribution in [2.24, 2.45) is 18.7 Å². The average molecular weight is 264 g/mol. The predicted octanol–water partition coefficient (Wildman–Crippen LogP) is 2.32. The quantitative estimate of drug-likeness (QED) is 0.888. The fourth-order valence-corrected chi connectivity index (χ4v) is 3.44. The van der Waals surface area contributed by atoms with Crippen LogP contribution in [0.5, 0.6) is 0 Å². The Morgan fingerprint density at radius 3 is 2.63 bits per heavy atom. The fourth-order valence-electron chi connectivity index (χ4n) is 3.44. The predicted molar refractivity (Wildman–Crippen MR) is 78.8 cm³/mol. The van der Waals surface area contributed by atoms with Crippen LogP contribution >= 0.6 is 0 Å². The first kappa shape index (κ1) is 14.5. The second kappa shape index (κ2) is 6.53. The van der Waals surface area contributed by atoms with Gasteiger partial charge in [0, 0.05) is 31.4 Å². The van der Waals surface area contributed by atoms with Crippen LogP contribution in [0.1, 0.15) is 50.6 Å². The molecular weight excluding hydrogens is 236 g/mol. The number of hydrogen-bond donors (Lipinski definition) is 1. The molecule has 4 nitrogen and oxygen atoms in total. The molecular formula is C15H28N4. The molecule has 1 aliphatic rings. The van der Waals surface area contributed by atoms with Crippen LogP contribution in [0.4, 0.5) is 0 Å². The summed E-state index contributed by atoms with van der Waals surface area (Å²) in [5.74, 6) is 0.844. The number of nitrogens with zero attached hydrogens (tertiary/aromatic N) is 3. The van der Waals surface area contributed by atoms with Crippen LogP contribution in [0.3, 0.4) is 0 Å². The Bertz CT molecular complexity index is 379. The third kappa shape index (κ3) is 3.80. The lowest BCUT2D eigenvalue weighted by molar-refractivity contribution is 0.166. The van der Waals surface area contributed by atoms with Gasteiger partial charge in [-0.1, -0.05) is 19.3 Å². The standard InChI is InChI=1S/C15H28N4/c1-12(16)15(14-9-17-19(3)11-14)18(2)10-13-7-5-4-6-8-13/h9,11-13,15H,4-8,10,16H2,1-3H3. The molecule has 0 amide bonds. The zero-order valence-corrected chi connectivity index (χ0v) is 12.5. The Labute approximate surface area is 117 Å². The van der Waals surface area contributed by atoms with Crippen LogP contribution in [0, 0.1) is 5.92 Å². The summed E-state index contributed by atoms with van der Waals surface area (Å²) in [5.41, 5.74) is 7.44. The molecule has 0 aliphatic heterocycles. The zero-order chi connectivity index (χ0) is 13.8. The van der Waals surface area contributed by atoms with Gasteiger partial charge in [-0.05, 0) is 32.7 Å². The van der Waals surface area contributed by atoms with Crippen LogP contribution in [0.25, 0.3) is 0 Å². The highest BCUT2D eigenvalue weighted by Crippen LogP contribution is 2.28. The topological polar surface area (TPSA) is 47.1 Å². The molecule has 2 rings (SSSR count). The van der Waals surface area contributed by atoms with Gasteiger partial charge in [0.15, 0.2) is 0 Å². The molecule has 19 heavy (non-hydrogen) atoms. The first-order chi connectivity index (χ1) is 9.08. The Morgan fingerprint density at radius 1 is 1.42 bits per heavy atom. The van der Waals surface area contributed by atoms with Crippen LogP contribution in [-0.4, -0.2) is 34.3 Å². The van der Waals surface area contributed by atoms with E-state index in [1.165, 1.54) is 37.7 Å². The molecule has 1 aromatic heterocycles. The summed E-state index contributed by atoms with van der Waals surface area (Å²) >= 11 is 0. The molecule has 1 saturated carbocycles. The van der Waals surface area contributed by atoms with Crippen molar-refractivity contribution in [2.45, 2.75) is 51.1 Å². The normalized spacial score (nSPS) is 20.7. The molecule has 2 atom stereocenters. The minimum atomic E-state index is 0.123. The van der Waals surface area contributed by atoms with Crippen molar-refractivity contribution in [1.29, 1.82) is 0 Å². The Morgan fingerprint density at radius 2 is 2.11 bits per heavy atom. The van der Waals surface area contributed by atoms with Gasteiger partial charge < -0.3 is 5.73 Å². The lowest BCUT2D eigenvalue weighted by Gasteiger charge is -2.34. The maximum atomic E-state index is 6.21. The third-order valence-corrected chi connectivity index (χ3v) is 4.31. The average Bonchev–Trinajstić information content (AvgIpc) is 2.76. The van der Waals surface area contributed by atoms with Crippen molar-refractivity contribution in [3.8, 4) is 0 Å². The molecule has 0 bridgehead atoms. The van der Waals surface area contributed by atoms with E-state index in [0.29, 0.717) is 0 Å². The number of hydrogen-bond acceptors (Lipinski definition) is 3. The summed E-state index contributed by atoms with van der Waals surface area (Å²) in [6.45, 7) is 3.25. The van der Waals surface area contributed by atoms with E-state index in [9.17, 15) is 0 Å². The van der Waals surface area contributed by atoms with E-state index in [2.05, 4.69) is 30.2 Å². The smallest absolute Gasteiger partial charge is 0.0538 e. The minimum absolute atomic E-state index is 0.123. The molecule has 108 valence electrons. The maximum Gasteiger partial charge on any atom is 0.0538 e. The summed E-state index contributed by atoms with van der Waals surface area (Å²) in [7, 11) is 4.17. The molecule has 0 saturated heterocycles. The van der Waals surface area contributed by atoms with Crippen molar-refractivity contribution in [3.05, 3.63) is 18.0 Å². The number of nitrogens with two attached hydrogens (primary N) is 1. The van der Waals surface area contributed by atoms with Crippen molar-refractivity contribution >= 4 is 0 Å². The van der Waals surface area contributed by atoms with Crippen LogP contribution in [0.2, 0.25) is 0 Å². The van der Waals surface area contributed by atoms with E-state index in [-0.39, 0.29) is 12.1 Å². The SMILES string of the molecule is CC(N)C(c1cnn(C)c1)N(C)CC1CCCCC1. The van der Waals surface area contributed by atoms with Gasteiger partial charge in [-0.15, -0.1) is 0 Å². The van der Waals surface area contributed by atoms with E-state index in [4.69, 9.17) is 5.73 Å². The van der Waals surface area contributed by atoms with E-state index in [1.807, 2.05) is 17.9 Å². The van der Waals surface area contributed by atoms with E-state index in [1.54, 1.807) is 0 Å². The molecule has 0 radical (unpaired) electrons. The second-order valence-electron chi connectivity index (χ2n) is 6.19. The molecule has 1 aliphatic carbocycles. The summed E-state index contributed by atoms with van der Waals surface area (Å²) in [6, 6.07) is 0.397. The lowest BCUT2D eigenvalue weighted by atomic mass is 9.88. The summed E-state index contributed by atoms with van der Waals surface area (Å²) in [5, 5.41) is 4.28. The fraction of sp³-hybridized carbons (Fsp3) is 0.800. The molecule has 0 spiro atoms. The highest BCUT2D eigenvalue weighted by Gasteiger charge is 2.25. The van der Waals surface area contributed by atoms with Crippen LogP contribution < -0.4 is 5.73 Å². The molecule has 1 fully saturated rings. The van der Waals surface area contributed by atoms with Crippen LogP contribution in [0.15, 0.2) is 12.4 Å². The van der Waals surface area contributed by atoms with Crippen LogP contribution in [-0.2, 0) is 7.05 Å². The maximum absolute atomic E-state index is 6.21. The zero-order valence-electron chi connectivity index (χ0n) is 12.5. The van der Waals surface area contributed by atoms with Gasteiger partial charge in [-0.3, -0.25) is 9.58 Å². The van der Waals surface area contributed by atoms with Crippen molar-refractivity contribution in [1.82, 2.24) is 14.7 Å². The van der Waals surface area contributed by atoms with Crippen molar-refractivity contribution in [2.75, 3.05) is 13.6 Å². The monoisotopic (exact) mass is 264 g/mol. The van der Waals surface area contributed by atoms with E-state index >= 15 is 0 Å². The molecule has 0 aromatic carbocycles. The van der Waals surface area contributed by atoms with E-state index < -0.39 is 0 Å². The largest absolute Gasteiger partial charge is 0.326 e. The van der Waals surface area contributed by atoms with Crippen molar-refractivity contribution in [3.63, 3.8) is 0 Å². The molecule has 4 heteroatoms. The summed E-state index contributed by atoms with van der Waals surface area (Å²) in [4.78, 5) is 2.43. The highest BCUT2D eigenvalue weighted by atomic mass is 15.2. The molecule has 1 heterocycles. The third-order valence-electron chi connectivity index (χ3n) is 4.31. The number of rotatable bonds is 5. The van der Waals surface area contributed by atoms with Crippen molar-refractivity contribution < 1.29 is 0 Å². The Kier molecular flexibility index (Phi) is 4.99. The van der Waals surface area contributed by atoms with Gasteiger partial charge in [0.1, 0.15) is 0 Å². The number of aromatic nitrogens is 2. The van der Waals surface area contributed by atoms with Gasteiger partial charge in [0.05, 0.1) is 12.2 Å². The van der Waals surface area contributed by atoms with Gasteiger partial charge in [-0.2, -0.15) is 5.10 Å². The Hall–Kier alpha value is -0.870. The molecule has 2 N–H and O–H groups in total. The van der Waals surface area contributed by atoms with Gasteiger partial charge in [-0.25, -0.2) is 0 Å². The minimum Gasteiger partial charge on any atom is -0.326 e. The first-order valence-corrected chi connectivity index (χ1v) is 7.52. The molecule has 2 unspecified atom stereocenters. The number of aryl methyl sites for hydroxylation is 1.